The first kappa shape index (κ1) is 17.4. The molecule has 118 valence electrons. The van der Waals surface area contributed by atoms with Crippen molar-refractivity contribution in [3.63, 3.8) is 0 Å². The van der Waals surface area contributed by atoms with Gasteiger partial charge in [0.1, 0.15) is 0 Å². The highest BCUT2D eigenvalue weighted by Crippen LogP contribution is 2.17. The summed E-state index contributed by atoms with van der Waals surface area (Å²) in [6.07, 6.45) is 8.91. The molecule has 1 amide bonds. The Labute approximate surface area is 126 Å². The minimum absolute atomic E-state index is 0.175. The van der Waals surface area contributed by atoms with Crippen LogP contribution in [-0.4, -0.2) is 30.3 Å². The zero-order valence-corrected chi connectivity index (χ0v) is 12.6. The Bertz CT molecular complexity index is 372. The molecule has 0 spiro atoms. The van der Waals surface area contributed by atoms with Crippen molar-refractivity contribution in [1.82, 2.24) is 5.32 Å². The summed E-state index contributed by atoms with van der Waals surface area (Å²) in [5, 5.41) is 2.82. The van der Waals surface area contributed by atoms with E-state index in [1.54, 1.807) is 0 Å². The molecular weight excluding hydrogens is 270 g/mol. The summed E-state index contributed by atoms with van der Waals surface area (Å²) in [6, 6.07) is 0.175. The van der Waals surface area contributed by atoms with Gasteiger partial charge < -0.3 is 10.1 Å². The van der Waals surface area contributed by atoms with E-state index < -0.39 is 11.9 Å². The number of carbonyl (C=O) groups excluding carboxylic acids is 3. The van der Waals surface area contributed by atoms with Gasteiger partial charge in [-0.1, -0.05) is 25.8 Å². The van der Waals surface area contributed by atoms with Gasteiger partial charge in [0.2, 0.25) is 5.78 Å². The second-order valence-corrected chi connectivity index (χ2v) is 5.41. The molecule has 1 saturated carbocycles. The van der Waals surface area contributed by atoms with Gasteiger partial charge in [0, 0.05) is 18.5 Å². The maximum absolute atomic E-state index is 11.7. The van der Waals surface area contributed by atoms with Crippen LogP contribution in [0.4, 0.5) is 0 Å². The Morgan fingerprint density at radius 2 is 1.81 bits per heavy atom. The molecule has 1 aliphatic carbocycles. The summed E-state index contributed by atoms with van der Waals surface area (Å²) in [4.78, 5) is 34.2. The summed E-state index contributed by atoms with van der Waals surface area (Å²) < 4.78 is 4.82. The first-order valence-corrected chi connectivity index (χ1v) is 7.76. The van der Waals surface area contributed by atoms with Crippen molar-refractivity contribution in [3.8, 4) is 0 Å². The normalized spacial score (nSPS) is 15.2. The van der Waals surface area contributed by atoms with Gasteiger partial charge in [0.15, 0.2) is 0 Å². The van der Waals surface area contributed by atoms with E-state index in [1.807, 2.05) is 0 Å². The van der Waals surface area contributed by atoms with Crippen LogP contribution in [0.15, 0.2) is 12.7 Å². The lowest BCUT2D eigenvalue weighted by Gasteiger charge is -2.22. The zero-order valence-electron chi connectivity index (χ0n) is 12.6. The molecule has 1 aliphatic rings. The quantitative estimate of drug-likeness (QED) is 0.306. The largest absolute Gasteiger partial charge is 0.463 e. The molecule has 1 N–H and O–H groups in total. The molecule has 5 nitrogen and oxygen atoms in total. The molecular formula is C16H25NO4. The van der Waals surface area contributed by atoms with Gasteiger partial charge in [-0.2, -0.15) is 0 Å². The molecule has 0 aromatic rings. The minimum Gasteiger partial charge on any atom is -0.463 e. The molecule has 0 unspecified atom stereocenters. The summed E-state index contributed by atoms with van der Waals surface area (Å²) in [5.74, 6) is -1.22. The Hall–Kier alpha value is -1.65. The average Bonchev–Trinajstić information content (AvgIpc) is 2.51. The number of hydrogen-bond acceptors (Lipinski definition) is 4. The summed E-state index contributed by atoms with van der Waals surface area (Å²) in [7, 11) is 0. The van der Waals surface area contributed by atoms with E-state index in [9.17, 15) is 14.4 Å². The van der Waals surface area contributed by atoms with Gasteiger partial charge in [0.25, 0.3) is 5.91 Å². The zero-order chi connectivity index (χ0) is 15.5. The predicted molar refractivity (Wildman–Crippen MR) is 79.6 cm³/mol. The second-order valence-electron chi connectivity index (χ2n) is 5.41. The third-order valence-corrected chi connectivity index (χ3v) is 3.65. The van der Waals surface area contributed by atoms with Crippen molar-refractivity contribution in [2.45, 2.75) is 63.8 Å². The molecule has 0 aromatic carbocycles. The van der Waals surface area contributed by atoms with E-state index >= 15 is 0 Å². The summed E-state index contributed by atoms with van der Waals surface area (Å²) in [5.41, 5.74) is 0. The van der Waals surface area contributed by atoms with Crippen LogP contribution >= 0.6 is 0 Å². The highest BCUT2D eigenvalue weighted by Gasteiger charge is 2.19. The van der Waals surface area contributed by atoms with E-state index in [0.29, 0.717) is 19.4 Å². The maximum Gasteiger partial charge on any atom is 0.330 e. The summed E-state index contributed by atoms with van der Waals surface area (Å²) >= 11 is 0. The third-order valence-electron chi connectivity index (χ3n) is 3.65. The topological polar surface area (TPSA) is 72.5 Å². The van der Waals surface area contributed by atoms with Gasteiger partial charge in [-0.25, -0.2) is 4.79 Å². The van der Waals surface area contributed by atoms with Crippen molar-refractivity contribution in [1.29, 1.82) is 0 Å². The SMILES string of the molecule is C=CC(=O)OCCCCCC(=O)C(=O)NC1CCCCC1. The van der Waals surface area contributed by atoms with Crippen LogP contribution in [0.3, 0.4) is 0 Å². The number of esters is 1. The molecule has 0 saturated heterocycles. The van der Waals surface area contributed by atoms with Crippen LogP contribution in [0.2, 0.25) is 0 Å². The standard InChI is InChI=1S/C16H25NO4/c1-2-15(19)21-12-8-4-7-11-14(18)16(20)17-13-9-5-3-6-10-13/h2,13H,1,3-12H2,(H,17,20). The number of unbranched alkanes of at least 4 members (excludes halogenated alkanes) is 2. The molecule has 1 fully saturated rings. The van der Waals surface area contributed by atoms with Gasteiger partial charge in [-0.05, 0) is 32.1 Å². The Morgan fingerprint density at radius 1 is 1.10 bits per heavy atom. The van der Waals surface area contributed by atoms with Crippen molar-refractivity contribution < 1.29 is 19.1 Å². The van der Waals surface area contributed by atoms with Crippen LogP contribution in [0.1, 0.15) is 57.8 Å². The van der Waals surface area contributed by atoms with Crippen LogP contribution in [0.5, 0.6) is 0 Å². The molecule has 0 heterocycles. The molecule has 21 heavy (non-hydrogen) atoms. The lowest BCUT2D eigenvalue weighted by atomic mass is 9.95. The fourth-order valence-electron chi connectivity index (χ4n) is 2.42. The van der Waals surface area contributed by atoms with Gasteiger partial charge in [-0.15, -0.1) is 0 Å². The van der Waals surface area contributed by atoms with Crippen molar-refractivity contribution in [3.05, 3.63) is 12.7 Å². The number of Topliss-reactive ketones (excluding diaryl/α,β-unsaturated/α-hetero) is 1. The number of amides is 1. The fraction of sp³-hybridized carbons (Fsp3) is 0.688. The first-order chi connectivity index (χ1) is 10.1. The van der Waals surface area contributed by atoms with E-state index in [2.05, 4.69) is 11.9 Å². The summed E-state index contributed by atoms with van der Waals surface area (Å²) in [6.45, 7) is 3.63. The minimum atomic E-state index is -0.444. The lowest BCUT2D eigenvalue weighted by Crippen LogP contribution is -2.40. The fourth-order valence-corrected chi connectivity index (χ4v) is 2.42. The highest BCUT2D eigenvalue weighted by atomic mass is 16.5. The van der Waals surface area contributed by atoms with Crippen LogP contribution in [0.25, 0.3) is 0 Å². The molecule has 0 aliphatic heterocycles. The molecule has 5 heteroatoms. The van der Waals surface area contributed by atoms with Gasteiger partial charge in [-0.3, -0.25) is 9.59 Å². The molecule has 1 rings (SSSR count). The van der Waals surface area contributed by atoms with Crippen LogP contribution in [0, 0.1) is 0 Å². The second kappa shape index (κ2) is 10.1. The predicted octanol–water partition coefficient (Wildman–Crippen LogP) is 2.29. The number of nitrogens with one attached hydrogen (secondary N) is 1. The maximum atomic E-state index is 11.7. The van der Waals surface area contributed by atoms with Gasteiger partial charge in [0.05, 0.1) is 6.61 Å². The van der Waals surface area contributed by atoms with Crippen molar-refractivity contribution >= 4 is 17.7 Å². The molecule has 0 bridgehead atoms. The number of carbonyl (C=O) groups is 3. The van der Waals surface area contributed by atoms with Crippen molar-refractivity contribution in [2.24, 2.45) is 0 Å². The Kier molecular flexibility index (Phi) is 8.40. The lowest BCUT2D eigenvalue weighted by molar-refractivity contribution is -0.138. The van der Waals surface area contributed by atoms with Gasteiger partial charge >= 0.3 is 5.97 Å². The Balaban J connectivity index is 2.05. The first-order valence-electron chi connectivity index (χ1n) is 7.76. The number of ketones is 1. The Morgan fingerprint density at radius 3 is 2.48 bits per heavy atom. The smallest absolute Gasteiger partial charge is 0.330 e. The monoisotopic (exact) mass is 295 g/mol. The third kappa shape index (κ3) is 7.63. The molecule has 0 radical (unpaired) electrons. The van der Waals surface area contributed by atoms with Crippen LogP contribution < -0.4 is 5.32 Å². The molecule has 0 atom stereocenters. The average molecular weight is 295 g/mol. The number of ether oxygens (including phenoxy) is 1. The number of rotatable bonds is 9. The molecule has 0 aromatic heterocycles. The van der Waals surface area contributed by atoms with E-state index in [1.165, 1.54) is 6.42 Å². The van der Waals surface area contributed by atoms with E-state index in [4.69, 9.17) is 4.74 Å². The van der Waals surface area contributed by atoms with E-state index in [-0.39, 0.29) is 18.2 Å². The highest BCUT2D eigenvalue weighted by molar-refractivity contribution is 6.36. The van der Waals surface area contributed by atoms with E-state index in [0.717, 1.165) is 38.2 Å². The van der Waals surface area contributed by atoms with Crippen molar-refractivity contribution in [2.75, 3.05) is 6.61 Å². The number of hydrogen-bond donors (Lipinski definition) is 1. The van der Waals surface area contributed by atoms with Crippen LogP contribution in [-0.2, 0) is 19.1 Å².